The maximum absolute atomic E-state index is 5.78. The van der Waals surface area contributed by atoms with E-state index in [4.69, 9.17) is 10.2 Å². The Balaban J connectivity index is 2.11. The summed E-state index contributed by atoms with van der Waals surface area (Å²) in [6.07, 6.45) is 0. The molecule has 80 valence electrons. The van der Waals surface area contributed by atoms with Gasteiger partial charge < -0.3 is 10.2 Å². The first-order chi connectivity index (χ1) is 7.86. The molecular formula is C13H11NOS. The molecule has 2 nitrogen and oxygen atoms in total. The highest BCUT2D eigenvalue weighted by molar-refractivity contribution is 7.10. The molecule has 0 unspecified atom stereocenters. The van der Waals surface area contributed by atoms with Gasteiger partial charge in [0.2, 0.25) is 0 Å². The van der Waals surface area contributed by atoms with Crippen molar-refractivity contribution in [1.82, 2.24) is 0 Å². The predicted octanol–water partition coefficient (Wildman–Crippen LogP) is 3.62. The van der Waals surface area contributed by atoms with Crippen LogP contribution in [0.1, 0.15) is 4.88 Å². The summed E-state index contributed by atoms with van der Waals surface area (Å²) in [6.45, 7) is 0.588. The summed E-state index contributed by atoms with van der Waals surface area (Å²) in [4.78, 5) is 1.18. The van der Waals surface area contributed by atoms with Gasteiger partial charge in [0.25, 0.3) is 0 Å². The number of nitrogens with two attached hydrogens (primary N) is 1. The number of hydrogen-bond acceptors (Lipinski definition) is 3. The summed E-state index contributed by atoms with van der Waals surface area (Å²) in [5.74, 6) is 0.914. The molecule has 1 aromatic carbocycles. The van der Waals surface area contributed by atoms with E-state index >= 15 is 0 Å². The zero-order valence-corrected chi connectivity index (χ0v) is 9.46. The zero-order valence-electron chi connectivity index (χ0n) is 8.64. The first kappa shape index (κ1) is 9.63. The van der Waals surface area contributed by atoms with Crippen LogP contribution in [-0.2, 0) is 6.54 Å². The van der Waals surface area contributed by atoms with Crippen molar-refractivity contribution >= 4 is 22.3 Å². The fourth-order valence-corrected chi connectivity index (χ4v) is 2.49. The Labute approximate surface area is 97.3 Å². The summed E-state index contributed by atoms with van der Waals surface area (Å²) in [7, 11) is 0. The topological polar surface area (TPSA) is 39.2 Å². The summed E-state index contributed by atoms with van der Waals surface area (Å²) >= 11 is 1.67. The standard InChI is InChI=1S/C13H11NOS/c14-7-11-5-10(8-16-11)13-6-9-3-1-2-4-12(9)15-13/h1-6,8H,7,14H2. The number of fused-ring (bicyclic) bond motifs is 1. The molecule has 0 saturated heterocycles. The average molecular weight is 229 g/mol. The van der Waals surface area contributed by atoms with E-state index in [1.54, 1.807) is 11.3 Å². The van der Waals surface area contributed by atoms with E-state index in [2.05, 4.69) is 23.6 Å². The van der Waals surface area contributed by atoms with E-state index in [1.165, 1.54) is 4.88 Å². The van der Waals surface area contributed by atoms with Crippen molar-refractivity contribution in [2.75, 3.05) is 0 Å². The van der Waals surface area contributed by atoms with Crippen LogP contribution in [0.3, 0.4) is 0 Å². The molecule has 2 aromatic heterocycles. The minimum Gasteiger partial charge on any atom is -0.456 e. The minimum absolute atomic E-state index is 0.588. The summed E-state index contributed by atoms with van der Waals surface area (Å²) in [5, 5.41) is 3.22. The number of para-hydroxylation sites is 1. The molecule has 2 heterocycles. The van der Waals surface area contributed by atoms with Gasteiger partial charge in [0.05, 0.1) is 0 Å². The molecule has 0 aliphatic heterocycles. The van der Waals surface area contributed by atoms with Gasteiger partial charge in [-0.15, -0.1) is 11.3 Å². The van der Waals surface area contributed by atoms with E-state index in [9.17, 15) is 0 Å². The van der Waals surface area contributed by atoms with Crippen molar-refractivity contribution in [1.29, 1.82) is 0 Å². The van der Waals surface area contributed by atoms with Crippen LogP contribution in [0.2, 0.25) is 0 Å². The lowest BCUT2D eigenvalue weighted by Gasteiger charge is -1.88. The molecule has 0 saturated carbocycles. The van der Waals surface area contributed by atoms with Gasteiger partial charge in [-0.05, 0) is 18.2 Å². The van der Waals surface area contributed by atoms with Gasteiger partial charge in [-0.2, -0.15) is 0 Å². The third kappa shape index (κ3) is 1.54. The Morgan fingerprint density at radius 2 is 2.06 bits per heavy atom. The average Bonchev–Trinajstić information content (AvgIpc) is 2.95. The third-order valence-electron chi connectivity index (χ3n) is 2.56. The van der Waals surface area contributed by atoms with Crippen LogP contribution < -0.4 is 5.73 Å². The first-order valence-electron chi connectivity index (χ1n) is 5.13. The zero-order chi connectivity index (χ0) is 11.0. The molecular weight excluding hydrogens is 218 g/mol. The monoisotopic (exact) mass is 229 g/mol. The van der Waals surface area contributed by atoms with Crippen molar-refractivity contribution in [2.24, 2.45) is 5.73 Å². The number of thiophene rings is 1. The van der Waals surface area contributed by atoms with Crippen molar-refractivity contribution < 1.29 is 4.42 Å². The van der Waals surface area contributed by atoms with Crippen molar-refractivity contribution in [3.8, 4) is 11.3 Å². The van der Waals surface area contributed by atoms with Crippen LogP contribution in [-0.4, -0.2) is 0 Å². The molecule has 3 aromatic rings. The molecule has 3 rings (SSSR count). The third-order valence-corrected chi connectivity index (χ3v) is 3.52. The number of hydrogen-bond donors (Lipinski definition) is 1. The second-order valence-corrected chi connectivity index (χ2v) is 4.65. The molecule has 0 amide bonds. The lowest BCUT2D eigenvalue weighted by atomic mass is 10.2. The highest BCUT2D eigenvalue weighted by atomic mass is 32.1. The van der Waals surface area contributed by atoms with E-state index in [-0.39, 0.29) is 0 Å². The molecule has 16 heavy (non-hydrogen) atoms. The number of rotatable bonds is 2. The van der Waals surface area contributed by atoms with E-state index in [0.717, 1.165) is 22.3 Å². The van der Waals surface area contributed by atoms with Gasteiger partial charge in [-0.25, -0.2) is 0 Å². The summed E-state index contributed by atoms with van der Waals surface area (Å²) in [5.41, 5.74) is 7.64. The Bertz CT molecular complexity index is 590. The highest BCUT2D eigenvalue weighted by Crippen LogP contribution is 2.30. The maximum Gasteiger partial charge on any atom is 0.136 e. The molecule has 2 N–H and O–H groups in total. The molecule has 0 radical (unpaired) electrons. The fraction of sp³-hybridized carbons (Fsp3) is 0.0769. The van der Waals surface area contributed by atoms with Gasteiger partial charge in [0, 0.05) is 27.8 Å². The van der Waals surface area contributed by atoms with Crippen molar-refractivity contribution in [2.45, 2.75) is 6.54 Å². The lowest BCUT2D eigenvalue weighted by molar-refractivity contribution is 0.632. The molecule has 0 atom stereocenters. The van der Waals surface area contributed by atoms with E-state index in [1.807, 2.05) is 18.2 Å². The SMILES string of the molecule is NCc1cc(-c2cc3ccccc3o2)cs1. The van der Waals surface area contributed by atoms with Gasteiger partial charge in [-0.1, -0.05) is 18.2 Å². The van der Waals surface area contributed by atoms with Gasteiger partial charge >= 0.3 is 0 Å². The fourth-order valence-electron chi connectivity index (χ4n) is 1.74. The molecule has 0 fully saturated rings. The van der Waals surface area contributed by atoms with Crippen LogP contribution in [0.15, 0.2) is 46.2 Å². The van der Waals surface area contributed by atoms with Crippen molar-refractivity contribution in [3.63, 3.8) is 0 Å². The largest absolute Gasteiger partial charge is 0.456 e. The second-order valence-electron chi connectivity index (χ2n) is 3.65. The van der Waals surface area contributed by atoms with Crippen molar-refractivity contribution in [3.05, 3.63) is 46.7 Å². The Kier molecular flexibility index (Phi) is 2.27. The molecule has 3 heteroatoms. The predicted molar refractivity (Wildman–Crippen MR) is 67.4 cm³/mol. The Morgan fingerprint density at radius 3 is 2.81 bits per heavy atom. The molecule has 0 bridgehead atoms. The van der Waals surface area contributed by atoms with E-state index in [0.29, 0.717) is 6.54 Å². The van der Waals surface area contributed by atoms with Crippen LogP contribution in [0.25, 0.3) is 22.3 Å². The summed E-state index contributed by atoms with van der Waals surface area (Å²) < 4.78 is 5.78. The van der Waals surface area contributed by atoms with Crippen LogP contribution in [0, 0.1) is 0 Å². The molecule has 0 aliphatic rings. The second kappa shape index (κ2) is 3.77. The number of furan rings is 1. The maximum atomic E-state index is 5.78. The number of benzene rings is 1. The van der Waals surface area contributed by atoms with Gasteiger partial charge in [0.15, 0.2) is 0 Å². The first-order valence-corrected chi connectivity index (χ1v) is 6.01. The quantitative estimate of drug-likeness (QED) is 0.729. The molecule has 0 aliphatic carbocycles. The lowest BCUT2D eigenvalue weighted by Crippen LogP contribution is -1.91. The normalized spacial score (nSPS) is 11.1. The smallest absolute Gasteiger partial charge is 0.136 e. The Morgan fingerprint density at radius 1 is 1.19 bits per heavy atom. The van der Waals surface area contributed by atoms with Gasteiger partial charge in [-0.3, -0.25) is 0 Å². The molecule has 0 spiro atoms. The highest BCUT2D eigenvalue weighted by Gasteiger charge is 2.07. The summed E-state index contributed by atoms with van der Waals surface area (Å²) in [6, 6.07) is 12.2. The van der Waals surface area contributed by atoms with Crippen LogP contribution in [0.4, 0.5) is 0 Å². The van der Waals surface area contributed by atoms with E-state index < -0.39 is 0 Å². The van der Waals surface area contributed by atoms with Crippen LogP contribution >= 0.6 is 11.3 Å². The Hall–Kier alpha value is -1.58. The van der Waals surface area contributed by atoms with Gasteiger partial charge in [0.1, 0.15) is 11.3 Å². The minimum atomic E-state index is 0.588. The van der Waals surface area contributed by atoms with Crippen LogP contribution in [0.5, 0.6) is 0 Å².